The molecule has 0 atom stereocenters. The van der Waals surface area contributed by atoms with E-state index in [1.54, 1.807) is 5.01 Å². The van der Waals surface area contributed by atoms with Crippen molar-refractivity contribution in [2.24, 2.45) is 5.84 Å². The molecule has 0 aromatic heterocycles. The Balaban J connectivity index is 2.39. The Hall–Kier alpha value is -0.500. The molecule has 2 N–H and O–H groups in total. The van der Waals surface area contributed by atoms with Crippen LogP contribution in [0, 0.1) is 0 Å². The molecule has 2 heteroatoms. The second kappa shape index (κ2) is 0.723. The first kappa shape index (κ1) is 2.72. The molecular formula is C3H6N2. The Bertz CT molecular complexity index is 57.9. The molecular weight excluding hydrogens is 64.0 g/mol. The van der Waals surface area contributed by atoms with Crippen molar-refractivity contribution in [3.63, 3.8) is 0 Å². The predicted molar refractivity (Wildman–Crippen MR) is 20.0 cm³/mol. The summed E-state index contributed by atoms with van der Waals surface area (Å²) in [5, 5.41) is 1.62. The minimum atomic E-state index is 0.917. The average Bonchev–Trinajstić information content (AvgIpc) is 1.30. The maximum atomic E-state index is 5.12. The zero-order chi connectivity index (χ0) is 3.70. The van der Waals surface area contributed by atoms with Gasteiger partial charge in [-0.05, 0) is 6.08 Å². The fraction of sp³-hybridized carbons (Fsp3) is 0.333. The van der Waals surface area contributed by atoms with Crippen molar-refractivity contribution in [3.05, 3.63) is 12.3 Å². The highest BCUT2D eigenvalue weighted by Gasteiger charge is 1.92. The monoisotopic (exact) mass is 70.1 g/mol. The number of nitrogens with two attached hydrogens (primary N) is 1. The summed E-state index contributed by atoms with van der Waals surface area (Å²) in [6.07, 6.45) is 3.83. The first-order chi connectivity index (χ1) is 2.39. The highest BCUT2D eigenvalue weighted by molar-refractivity contribution is 4.93. The third kappa shape index (κ3) is 0.260. The van der Waals surface area contributed by atoms with Crippen LogP contribution < -0.4 is 5.84 Å². The lowest BCUT2D eigenvalue weighted by molar-refractivity contribution is 0.394. The zero-order valence-electron chi connectivity index (χ0n) is 2.89. The number of nitrogens with zero attached hydrogens (tertiary/aromatic N) is 1. The standard InChI is InChI=1S/C3H6N2/c4-5-2-1-3-5/h1-2H,3-4H2. The van der Waals surface area contributed by atoms with E-state index in [0.717, 1.165) is 6.54 Å². The highest BCUT2D eigenvalue weighted by Crippen LogP contribution is 1.89. The van der Waals surface area contributed by atoms with Gasteiger partial charge in [0.2, 0.25) is 0 Å². The molecule has 0 saturated carbocycles. The van der Waals surface area contributed by atoms with Crippen LogP contribution >= 0.6 is 0 Å². The van der Waals surface area contributed by atoms with E-state index in [9.17, 15) is 0 Å². The van der Waals surface area contributed by atoms with Crippen molar-refractivity contribution in [1.82, 2.24) is 5.01 Å². The van der Waals surface area contributed by atoms with Gasteiger partial charge in [-0.15, -0.1) is 0 Å². The second-order valence-corrected chi connectivity index (χ2v) is 1.08. The Kier molecular flexibility index (Phi) is 0.394. The van der Waals surface area contributed by atoms with E-state index in [1.165, 1.54) is 0 Å². The molecule has 1 heterocycles. The SMILES string of the molecule is NN1C=CC1. The summed E-state index contributed by atoms with van der Waals surface area (Å²) in [5.41, 5.74) is 0. The van der Waals surface area contributed by atoms with Crippen LogP contribution in [0.2, 0.25) is 0 Å². The Morgan fingerprint density at radius 2 is 2.20 bits per heavy atom. The third-order valence-electron chi connectivity index (χ3n) is 0.613. The molecule has 28 valence electrons. The van der Waals surface area contributed by atoms with Crippen molar-refractivity contribution in [3.8, 4) is 0 Å². The van der Waals surface area contributed by atoms with Gasteiger partial charge in [0.15, 0.2) is 0 Å². The number of hydrogen-bond donors (Lipinski definition) is 1. The number of rotatable bonds is 0. The van der Waals surface area contributed by atoms with Gasteiger partial charge in [0.05, 0.1) is 6.54 Å². The van der Waals surface area contributed by atoms with Gasteiger partial charge < -0.3 is 5.01 Å². The summed E-state index contributed by atoms with van der Waals surface area (Å²) in [7, 11) is 0. The summed E-state index contributed by atoms with van der Waals surface area (Å²) in [5.74, 6) is 5.12. The van der Waals surface area contributed by atoms with E-state index in [-0.39, 0.29) is 0 Å². The zero-order valence-corrected chi connectivity index (χ0v) is 2.89. The van der Waals surface area contributed by atoms with E-state index in [4.69, 9.17) is 5.84 Å². The normalized spacial score (nSPS) is 19.0. The molecule has 0 spiro atoms. The fourth-order valence-electron chi connectivity index (χ4n) is 0.227. The van der Waals surface area contributed by atoms with Crippen LogP contribution in [-0.4, -0.2) is 11.6 Å². The molecule has 0 fully saturated rings. The first-order valence-electron chi connectivity index (χ1n) is 1.57. The largest absolute Gasteiger partial charge is 0.315 e. The summed E-state index contributed by atoms with van der Waals surface area (Å²) >= 11 is 0. The molecule has 1 rings (SSSR count). The summed E-state index contributed by atoms with van der Waals surface area (Å²) in [6.45, 7) is 0.917. The van der Waals surface area contributed by atoms with E-state index in [1.807, 2.05) is 12.3 Å². The quantitative estimate of drug-likeness (QED) is 0.396. The number of hydrogen-bond acceptors (Lipinski definition) is 2. The highest BCUT2D eigenvalue weighted by atomic mass is 15.4. The van der Waals surface area contributed by atoms with Gasteiger partial charge in [0.1, 0.15) is 0 Å². The van der Waals surface area contributed by atoms with Crippen LogP contribution in [0.25, 0.3) is 0 Å². The van der Waals surface area contributed by atoms with Gasteiger partial charge >= 0.3 is 0 Å². The van der Waals surface area contributed by atoms with Crippen molar-refractivity contribution < 1.29 is 0 Å². The topological polar surface area (TPSA) is 29.3 Å². The van der Waals surface area contributed by atoms with Crippen molar-refractivity contribution in [2.45, 2.75) is 0 Å². The van der Waals surface area contributed by atoms with Crippen molar-refractivity contribution in [1.29, 1.82) is 0 Å². The molecule has 0 aliphatic carbocycles. The molecule has 0 amide bonds. The maximum absolute atomic E-state index is 5.12. The molecule has 0 radical (unpaired) electrons. The molecule has 0 aromatic rings. The summed E-state index contributed by atoms with van der Waals surface area (Å²) in [4.78, 5) is 0. The van der Waals surface area contributed by atoms with E-state index in [0.29, 0.717) is 0 Å². The predicted octanol–water partition coefficient (Wildman–Crippen LogP) is -0.311. The van der Waals surface area contributed by atoms with Crippen LogP contribution in [0.15, 0.2) is 12.3 Å². The van der Waals surface area contributed by atoms with Gasteiger partial charge in [-0.3, -0.25) is 0 Å². The van der Waals surface area contributed by atoms with Crippen LogP contribution in [0.4, 0.5) is 0 Å². The minimum absolute atomic E-state index is 0.917. The molecule has 0 unspecified atom stereocenters. The molecule has 0 bridgehead atoms. The van der Waals surface area contributed by atoms with Crippen LogP contribution in [0.1, 0.15) is 0 Å². The Morgan fingerprint density at radius 3 is 2.20 bits per heavy atom. The number of hydrazine groups is 1. The molecule has 5 heavy (non-hydrogen) atoms. The van der Waals surface area contributed by atoms with Gasteiger partial charge in [-0.2, -0.15) is 0 Å². The van der Waals surface area contributed by atoms with E-state index in [2.05, 4.69) is 0 Å². The van der Waals surface area contributed by atoms with Crippen LogP contribution in [0.3, 0.4) is 0 Å². The lowest BCUT2D eigenvalue weighted by atomic mass is 10.5. The van der Waals surface area contributed by atoms with Crippen molar-refractivity contribution in [2.75, 3.05) is 6.54 Å². The average molecular weight is 70.1 g/mol. The smallest absolute Gasteiger partial charge is 0.0533 e. The van der Waals surface area contributed by atoms with E-state index >= 15 is 0 Å². The lowest BCUT2D eigenvalue weighted by Crippen LogP contribution is -2.30. The van der Waals surface area contributed by atoms with Crippen molar-refractivity contribution >= 4 is 0 Å². The van der Waals surface area contributed by atoms with Gasteiger partial charge in [0.25, 0.3) is 0 Å². The molecule has 1 aliphatic heterocycles. The van der Waals surface area contributed by atoms with Crippen LogP contribution in [-0.2, 0) is 0 Å². The van der Waals surface area contributed by atoms with Gasteiger partial charge in [0, 0.05) is 6.20 Å². The Labute approximate surface area is 30.8 Å². The second-order valence-electron chi connectivity index (χ2n) is 1.08. The van der Waals surface area contributed by atoms with E-state index < -0.39 is 0 Å². The first-order valence-corrected chi connectivity index (χ1v) is 1.57. The summed E-state index contributed by atoms with van der Waals surface area (Å²) in [6, 6.07) is 0. The maximum Gasteiger partial charge on any atom is 0.0533 e. The lowest BCUT2D eigenvalue weighted by Gasteiger charge is -2.16. The molecule has 1 aliphatic rings. The third-order valence-corrected chi connectivity index (χ3v) is 0.613. The fourth-order valence-corrected chi connectivity index (χ4v) is 0.227. The Morgan fingerprint density at radius 1 is 1.80 bits per heavy atom. The van der Waals surface area contributed by atoms with Gasteiger partial charge in [-0.25, -0.2) is 5.84 Å². The van der Waals surface area contributed by atoms with Crippen LogP contribution in [0.5, 0.6) is 0 Å². The molecule has 2 nitrogen and oxygen atoms in total. The summed E-state index contributed by atoms with van der Waals surface area (Å²) < 4.78 is 0. The van der Waals surface area contributed by atoms with Gasteiger partial charge in [-0.1, -0.05) is 0 Å². The molecule has 0 aromatic carbocycles. The molecule has 0 saturated heterocycles. The minimum Gasteiger partial charge on any atom is -0.315 e.